The lowest BCUT2D eigenvalue weighted by Gasteiger charge is -2.44. The highest BCUT2D eigenvalue weighted by Gasteiger charge is 2.34. The van der Waals surface area contributed by atoms with Gasteiger partial charge >= 0.3 is 0 Å². The molecule has 0 aliphatic carbocycles. The highest BCUT2D eigenvalue weighted by Crippen LogP contribution is 2.29. The third kappa shape index (κ3) is 2.38. The zero-order chi connectivity index (χ0) is 14.4. The molecular formula is C16H17BrN2O2. The molecule has 1 atom stereocenters. The van der Waals surface area contributed by atoms with E-state index in [2.05, 4.69) is 26.1 Å². The molecule has 3 aliphatic heterocycles. The predicted molar refractivity (Wildman–Crippen MR) is 84.3 cm³/mol. The maximum Gasteiger partial charge on any atom is 0.251 e. The summed E-state index contributed by atoms with van der Waals surface area (Å²) < 4.78 is 6.27. The van der Waals surface area contributed by atoms with Crippen LogP contribution < -0.4 is 5.32 Å². The van der Waals surface area contributed by atoms with Crippen LogP contribution in [0.25, 0.3) is 11.0 Å². The SMILES string of the molecule is O=C(N[C@@H]1CN2CCC1CC2)c1ccc2occ(Br)c2c1. The first-order valence-corrected chi connectivity index (χ1v) is 8.20. The van der Waals surface area contributed by atoms with E-state index in [0.717, 1.165) is 22.0 Å². The van der Waals surface area contributed by atoms with Gasteiger partial charge in [-0.25, -0.2) is 0 Å². The van der Waals surface area contributed by atoms with E-state index < -0.39 is 0 Å². The molecule has 5 rings (SSSR count). The predicted octanol–water partition coefficient (Wildman–Crippen LogP) is 3.02. The van der Waals surface area contributed by atoms with Gasteiger partial charge in [-0.1, -0.05) is 0 Å². The summed E-state index contributed by atoms with van der Waals surface area (Å²) in [6.45, 7) is 3.37. The third-order valence-electron chi connectivity index (χ3n) is 4.76. The second-order valence-corrected chi connectivity index (χ2v) is 6.87. The van der Waals surface area contributed by atoms with Gasteiger partial charge < -0.3 is 14.6 Å². The summed E-state index contributed by atoms with van der Waals surface area (Å²) in [6, 6.07) is 5.86. The Kier molecular flexibility index (Phi) is 3.27. The number of carbonyl (C=O) groups is 1. The summed E-state index contributed by atoms with van der Waals surface area (Å²) in [5.41, 5.74) is 1.49. The Morgan fingerprint density at radius 3 is 2.86 bits per heavy atom. The minimum absolute atomic E-state index is 0.0174. The van der Waals surface area contributed by atoms with Crippen LogP contribution in [0.15, 0.2) is 33.4 Å². The highest BCUT2D eigenvalue weighted by atomic mass is 79.9. The number of nitrogens with zero attached hydrogens (tertiary/aromatic N) is 1. The van der Waals surface area contributed by atoms with Crippen LogP contribution in [0.4, 0.5) is 0 Å². The molecule has 2 aromatic rings. The van der Waals surface area contributed by atoms with Crippen molar-refractivity contribution in [3.8, 4) is 0 Å². The standard InChI is InChI=1S/C16H17BrN2O2/c17-13-9-21-15-2-1-11(7-12(13)15)16(20)18-14-8-19-5-3-10(14)4-6-19/h1-2,7,9-10,14H,3-6,8H2,(H,18,20)/t14-/m1/s1. The van der Waals surface area contributed by atoms with Crippen molar-refractivity contribution in [3.05, 3.63) is 34.5 Å². The molecular weight excluding hydrogens is 332 g/mol. The lowest BCUT2D eigenvalue weighted by atomic mass is 9.84. The summed E-state index contributed by atoms with van der Waals surface area (Å²) >= 11 is 3.44. The van der Waals surface area contributed by atoms with Crippen molar-refractivity contribution in [2.45, 2.75) is 18.9 Å². The van der Waals surface area contributed by atoms with Crippen LogP contribution in [0.1, 0.15) is 23.2 Å². The van der Waals surface area contributed by atoms with Crippen LogP contribution in [-0.2, 0) is 0 Å². The van der Waals surface area contributed by atoms with Gasteiger partial charge in [-0.3, -0.25) is 4.79 Å². The molecule has 1 amide bonds. The molecule has 0 radical (unpaired) electrons. The molecule has 4 heterocycles. The maximum atomic E-state index is 12.5. The van der Waals surface area contributed by atoms with Crippen LogP contribution in [0.5, 0.6) is 0 Å². The van der Waals surface area contributed by atoms with Crippen molar-refractivity contribution in [3.63, 3.8) is 0 Å². The van der Waals surface area contributed by atoms with E-state index in [-0.39, 0.29) is 5.91 Å². The highest BCUT2D eigenvalue weighted by molar-refractivity contribution is 9.10. The van der Waals surface area contributed by atoms with Crippen molar-refractivity contribution in [1.29, 1.82) is 0 Å². The van der Waals surface area contributed by atoms with E-state index >= 15 is 0 Å². The maximum absolute atomic E-state index is 12.5. The number of furan rings is 1. The molecule has 110 valence electrons. The Hall–Kier alpha value is -1.33. The minimum atomic E-state index is 0.0174. The summed E-state index contributed by atoms with van der Waals surface area (Å²) in [5.74, 6) is 0.659. The Morgan fingerprint density at radius 1 is 1.33 bits per heavy atom. The molecule has 3 fully saturated rings. The molecule has 0 saturated carbocycles. The molecule has 1 N–H and O–H groups in total. The van der Waals surface area contributed by atoms with Crippen LogP contribution in [0, 0.1) is 5.92 Å². The van der Waals surface area contributed by atoms with Gasteiger partial charge in [-0.15, -0.1) is 0 Å². The molecule has 3 aliphatic rings. The van der Waals surface area contributed by atoms with E-state index in [1.165, 1.54) is 25.9 Å². The van der Waals surface area contributed by atoms with E-state index in [1.54, 1.807) is 6.26 Å². The monoisotopic (exact) mass is 348 g/mol. The van der Waals surface area contributed by atoms with Crippen molar-refractivity contribution in [2.24, 2.45) is 5.92 Å². The normalized spacial score (nSPS) is 28.0. The van der Waals surface area contributed by atoms with E-state index in [1.807, 2.05) is 18.2 Å². The second kappa shape index (κ2) is 5.14. The molecule has 3 saturated heterocycles. The zero-order valence-corrected chi connectivity index (χ0v) is 13.2. The van der Waals surface area contributed by atoms with Crippen LogP contribution in [0.2, 0.25) is 0 Å². The van der Waals surface area contributed by atoms with Gasteiger partial charge in [-0.2, -0.15) is 0 Å². The van der Waals surface area contributed by atoms with Gasteiger partial charge in [0, 0.05) is 23.5 Å². The largest absolute Gasteiger partial charge is 0.463 e. The molecule has 1 aromatic carbocycles. The summed E-state index contributed by atoms with van der Waals surface area (Å²) in [5, 5.41) is 4.16. The van der Waals surface area contributed by atoms with Gasteiger partial charge in [0.05, 0.1) is 4.47 Å². The first-order chi connectivity index (χ1) is 10.2. The number of amides is 1. The van der Waals surface area contributed by atoms with Gasteiger partial charge in [0.15, 0.2) is 0 Å². The van der Waals surface area contributed by atoms with Gasteiger partial charge in [0.25, 0.3) is 5.91 Å². The van der Waals surface area contributed by atoms with Gasteiger partial charge in [0.1, 0.15) is 11.8 Å². The van der Waals surface area contributed by atoms with E-state index in [4.69, 9.17) is 4.42 Å². The van der Waals surface area contributed by atoms with E-state index in [0.29, 0.717) is 17.5 Å². The summed E-state index contributed by atoms with van der Waals surface area (Å²) in [6.07, 6.45) is 4.06. The number of carbonyl (C=O) groups excluding carboxylic acids is 1. The number of fused-ring (bicyclic) bond motifs is 4. The number of hydrogen-bond acceptors (Lipinski definition) is 3. The van der Waals surface area contributed by atoms with Gasteiger partial charge in [-0.05, 0) is 66.0 Å². The molecule has 21 heavy (non-hydrogen) atoms. The number of nitrogens with one attached hydrogen (secondary N) is 1. The van der Waals surface area contributed by atoms with Crippen molar-refractivity contribution >= 4 is 32.8 Å². The zero-order valence-electron chi connectivity index (χ0n) is 11.6. The lowest BCUT2D eigenvalue weighted by molar-refractivity contribution is 0.0620. The summed E-state index contributed by atoms with van der Waals surface area (Å²) in [7, 11) is 0. The Bertz CT molecular complexity index is 689. The first-order valence-electron chi connectivity index (χ1n) is 7.41. The number of rotatable bonds is 2. The third-order valence-corrected chi connectivity index (χ3v) is 5.38. The topological polar surface area (TPSA) is 45.5 Å². The average Bonchev–Trinajstić information content (AvgIpc) is 2.89. The fourth-order valence-electron chi connectivity index (χ4n) is 3.52. The van der Waals surface area contributed by atoms with Crippen molar-refractivity contribution < 1.29 is 9.21 Å². The molecule has 0 unspecified atom stereocenters. The Labute approximate surface area is 131 Å². The van der Waals surface area contributed by atoms with Crippen LogP contribution in [0.3, 0.4) is 0 Å². The lowest BCUT2D eigenvalue weighted by Crippen LogP contribution is -2.57. The fourth-order valence-corrected chi connectivity index (χ4v) is 3.92. The minimum Gasteiger partial charge on any atom is -0.463 e. The summed E-state index contributed by atoms with van der Waals surface area (Å²) in [4.78, 5) is 14.9. The van der Waals surface area contributed by atoms with E-state index in [9.17, 15) is 4.79 Å². The van der Waals surface area contributed by atoms with Crippen LogP contribution >= 0.6 is 15.9 Å². The second-order valence-electron chi connectivity index (χ2n) is 6.01. The number of piperidine rings is 3. The van der Waals surface area contributed by atoms with Crippen LogP contribution in [-0.4, -0.2) is 36.5 Å². The fraction of sp³-hybridized carbons (Fsp3) is 0.438. The van der Waals surface area contributed by atoms with Crippen molar-refractivity contribution in [1.82, 2.24) is 10.2 Å². The van der Waals surface area contributed by atoms with Crippen molar-refractivity contribution in [2.75, 3.05) is 19.6 Å². The quantitative estimate of drug-likeness (QED) is 0.907. The molecule has 0 spiro atoms. The number of halogens is 1. The average molecular weight is 349 g/mol. The number of hydrogen-bond donors (Lipinski definition) is 1. The number of benzene rings is 1. The Morgan fingerprint density at radius 2 is 2.14 bits per heavy atom. The molecule has 1 aromatic heterocycles. The molecule has 2 bridgehead atoms. The smallest absolute Gasteiger partial charge is 0.251 e. The first kappa shape index (κ1) is 13.3. The molecule has 5 heteroatoms. The Balaban J connectivity index is 1.54. The molecule has 4 nitrogen and oxygen atoms in total. The van der Waals surface area contributed by atoms with Gasteiger partial charge in [0.2, 0.25) is 0 Å².